The Hall–Kier alpha value is -3.19. The number of rotatable bonds is 4. The molecule has 0 saturated carbocycles. The van der Waals surface area contributed by atoms with Crippen molar-refractivity contribution in [3.63, 3.8) is 0 Å². The zero-order chi connectivity index (χ0) is 18.1. The lowest BCUT2D eigenvalue weighted by atomic mass is 10.2. The first-order chi connectivity index (χ1) is 12.7. The zero-order valence-electron chi connectivity index (χ0n) is 14.4. The number of hydrogen-bond acceptors (Lipinski definition) is 5. The topological polar surface area (TPSA) is 71.8 Å². The number of amides is 1. The van der Waals surface area contributed by atoms with Gasteiger partial charge >= 0.3 is 0 Å². The second-order valence-corrected chi connectivity index (χ2v) is 6.60. The molecule has 0 bridgehead atoms. The standard InChI is InChI=1S/C19H17N5OS/c1-12-17(19(20-2)26-23-12)18(25)22-13-7-9-14(10-8-13)24-11-21-15-5-3-4-6-16(15)24/h3-11,20H,1-2H3,(H,22,25). The van der Waals surface area contributed by atoms with Crippen LogP contribution in [0.15, 0.2) is 54.9 Å². The molecule has 0 atom stereocenters. The van der Waals surface area contributed by atoms with E-state index in [0.29, 0.717) is 5.56 Å². The van der Waals surface area contributed by atoms with Crippen LogP contribution in [0.4, 0.5) is 10.7 Å². The molecule has 2 aromatic heterocycles. The van der Waals surface area contributed by atoms with Gasteiger partial charge in [0.1, 0.15) is 11.3 Å². The molecule has 0 radical (unpaired) electrons. The van der Waals surface area contributed by atoms with E-state index in [0.717, 1.165) is 33.1 Å². The maximum Gasteiger partial charge on any atom is 0.260 e. The third kappa shape index (κ3) is 2.82. The highest BCUT2D eigenvalue weighted by molar-refractivity contribution is 7.10. The molecule has 6 nitrogen and oxygen atoms in total. The highest BCUT2D eigenvalue weighted by Gasteiger charge is 2.17. The summed E-state index contributed by atoms with van der Waals surface area (Å²) < 4.78 is 6.26. The number of anilines is 2. The van der Waals surface area contributed by atoms with Crippen LogP contribution in [-0.4, -0.2) is 26.9 Å². The molecule has 0 saturated heterocycles. The van der Waals surface area contributed by atoms with Crippen LogP contribution < -0.4 is 10.6 Å². The highest BCUT2D eigenvalue weighted by Crippen LogP contribution is 2.25. The average molecular weight is 363 g/mol. The van der Waals surface area contributed by atoms with Gasteiger partial charge in [-0.15, -0.1) is 0 Å². The minimum Gasteiger partial charge on any atom is -0.378 e. The first-order valence-corrected chi connectivity index (χ1v) is 8.92. The summed E-state index contributed by atoms with van der Waals surface area (Å²) in [6, 6.07) is 15.7. The van der Waals surface area contributed by atoms with Crippen molar-refractivity contribution in [1.29, 1.82) is 0 Å². The minimum atomic E-state index is -0.165. The van der Waals surface area contributed by atoms with Crippen molar-refractivity contribution in [3.8, 4) is 5.69 Å². The molecular formula is C19H17N5OS. The van der Waals surface area contributed by atoms with Gasteiger partial charge in [-0.1, -0.05) is 12.1 Å². The summed E-state index contributed by atoms with van der Waals surface area (Å²) in [4.78, 5) is 17.0. The third-order valence-corrected chi connectivity index (χ3v) is 5.13. The fourth-order valence-electron chi connectivity index (χ4n) is 2.87. The predicted molar refractivity (Wildman–Crippen MR) is 105 cm³/mol. The monoisotopic (exact) mass is 363 g/mol. The number of carbonyl (C=O) groups is 1. The molecule has 130 valence electrons. The Morgan fingerprint density at radius 3 is 2.65 bits per heavy atom. The van der Waals surface area contributed by atoms with Gasteiger partial charge in [0, 0.05) is 18.4 Å². The quantitative estimate of drug-likeness (QED) is 0.573. The van der Waals surface area contributed by atoms with E-state index in [1.807, 2.05) is 60.0 Å². The van der Waals surface area contributed by atoms with E-state index in [1.165, 1.54) is 11.5 Å². The number of nitrogens with one attached hydrogen (secondary N) is 2. The normalized spacial score (nSPS) is 10.8. The molecule has 0 spiro atoms. The molecule has 2 aromatic carbocycles. The SMILES string of the molecule is CNc1snc(C)c1C(=O)Nc1ccc(-n2cnc3ccccc32)cc1. The van der Waals surface area contributed by atoms with E-state index >= 15 is 0 Å². The Morgan fingerprint density at radius 2 is 1.88 bits per heavy atom. The summed E-state index contributed by atoms with van der Waals surface area (Å²) >= 11 is 1.28. The molecule has 1 amide bonds. The first kappa shape index (κ1) is 16.3. The van der Waals surface area contributed by atoms with E-state index in [1.54, 1.807) is 13.4 Å². The van der Waals surface area contributed by atoms with Gasteiger partial charge in [0.2, 0.25) is 0 Å². The average Bonchev–Trinajstić information content (AvgIpc) is 3.25. The minimum absolute atomic E-state index is 0.165. The Kier molecular flexibility index (Phi) is 4.14. The number of nitrogens with zero attached hydrogens (tertiary/aromatic N) is 3. The van der Waals surface area contributed by atoms with Crippen molar-refractivity contribution in [1.82, 2.24) is 13.9 Å². The molecule has 4 rings (SSSR count). The second kappa shape index (κ2) is 6.61. The molecule has 4 aromatic rings. The number of imidazole rings is 1. The molecule has 7 heteroatoms. The Balaban J connectivity index is 1.58. The Morgan fingerprint density at radius 1 is 1.12 bits per heavy atom. The van der Waals surface area contributed by atoms with Gasteiger partial charge in [-0.2, -0.15) is 4.37 Å². The summed E-state index contributed by atoms with van der Waals surface area (Å²) in [6.07, 6.45) is 1.80. The number of hydrogen-bond donors (Lipinski definition) is 2. The van der Waals surface area contributed by atoms with Crippen LogP contribution >= 0.6 is 11.5 Å². The fraction of sp³-hybridized carbons (Fsp3) is 0.105. The number of aryl methyl sites for hydroxylation is 1. The van der Waals surface area contributed by atoms with E-state index in [4.69, 9.17) is 0 Å². The van der Waals surface area contributed by atoms with E-state index in [2.05, 4.69) is 20.0 Å². The number of para-hydroxylation sites is 2. The van der Waals surface area contributed by atoms with E-state index in [-0.39, 0.29) is 5.91 Å². The van der Waals surface area contributed by atoms with E-state index in [9.17, 15) is 4.79 Å². The van der Waals surface area contributed by atoms with Crippen molar-refractivity contribution in [2.24, 2.45) is 0 Å². The number of aromatic nitrogens is 3. The van der Waals surface area contributed by atoms with Gasteiger partial charge in [0.25, 0.3) is 5.91 Å². The van der Waals surface area contributed by atoms with Crippen LogP contribution in [0.3, 0.4) is 0 Å². The van der Waals surface area contributed by atoms with Gasteiger partial charge in [0.15, 0.2) is 0 Å². The molecule has 0 unspecified atom stereocenters. The van der Waals surface area contributed by atoms with Crippen LogP contribution in [0.5, 0.6) is 0 Å². The largest absolute Gasteiger partial charge is 0.378 e. The maximum atomic E-state index is 12.6. The fourth-order valence-corrected chi connectivity index (χ4v) is 3.61. The number of benzene rings is 2. The lowest BCUT2D eigenvalue weighted by molar-refractivity contribution is 0.102. The maximum absolute atomic E-state index is 12.6. The van der Waals surface area contributed by atoms with Crippen LogP contribution in [-0.2, 0) is 0 Å². The Labute approximate surface area is 154 Å². The summed E-state index contributed by atoms with van der Waals surface area (Å²) in [5.74, 6) is -0.165. The first-order valence-electron chi connectivity index (χ1n) is 8.15. The van der Waals surface area contributed by atoms with Gasteiger partial charge in [-0.25, -0.2) is 4.98 Å². The highest BCUT2D eigenvalue weighted by atomic mass is 32.1. The number of carbonyl (C=O) groups excluding carboxylic acids is 1. The molecule has 0 aliphatic heterocycles. The van der Waals surface area contributed by atoms with Crippen LogP contribution in [0.2, 0.25) is 0 Å². The third-order valence-electron chi connectivity index (χ3n) is 4.17. The summed E-state index contributed by atoms with van der Waals surface area (Å²) in [6.45, 7) is 1.83. The lowest BCUT2D eigenvalue weighted by Gasteiger charge is -2.09. The van der Waals surface area contributed by atoms with E-state index < -0.39 is 0 Å². The van der Waals surface area contributed by atoms with Crippen LogP contribution in [0.1, 0.15) is 16.1 Å². The Bertz CT molecular complexity index is 1080. The van der Waals surface area contributed by atoms with Crippen molar-refractivity contribution in [2.75, 3.05) is 17.7 Å². The lowest BCUT2D eigenvalue weighted by Crippen LogP contribution is -2.14. The van der Waals surface area contributed by atoms with Gasteiger partial charge in [0.05, 0.1) is 22.3 Å². The zero-order valence-corrected chi connectivity index (χ0v) is 15.2. The van der Waals surface area contributed by atoms with Gasteiger partial charge in [-0.3, -0.25) is 9.36 Å². The molecule has 26 heavy (non-hydrogen) atoms. The second-order valence-electron chi connectivity index (χ2n) is 5.83. The summed E-state index contributed by atoms with van der Waals surface area (Å²) in [7, 11) is 1.79. The van der Waals surface area contributed by atoms with Crippen molar-refractivity contribution < 1.29 is 4.79 Å². The van der Waals surface area contributed by atoms with Crippen LogP contribution in [0, 0.1) is 6.92 Å². The summed E-state index contributed by atoms with van der Waals surface area (Å²) in [5, 5.41) is 6.71. The van der Waals surface area contributed by atoms with Crippen molar-refractivity contribution in [3.05, 3.63) is 66.1 Å². The number of fused-ring (bicyclic) bond motifs is 1. The molecule has 2 N–H and O–H groups in total. The van der Waals surface area contributed by atoms with Crippen molar-refractivity contribution in [2.45, 2.75) is 6.92 Å². The van der Waals surface area contributed by atoms with Crippen molar-refractivity contribution >= 4 is 39.2 Å². The van der Waals surface area contributed by atoms with Gasteiger partial charge < -0.3 is 10.6 Å². The smallest absolute Gasteiger partial charge is 0.260 e. The van der Waals surface area contributed by atoms with Gasteiger partial charge in [-0.05, 0) is 54.9 Å². The van der Waals surface area contributed by atoms with Crippen LogP contribution in [0.25, 0.3) is 16.7 Å². The molecule has 2 heterocycles. The molecule has 0 aliphatic carbocycles. The molecular weight excluding hydrogens is 346 g/mol. The molecule has 0 aliphatic rings. The predicted octanol–water partition coefficient (Wildman–Crippen LogP) is 4.08. The summed E-state index contributed by atoms with van der Waals surface area (Å²) in [5.41, 5.74) is 5.02. The molecule has 0 fully saturated rings.